The minimum Gasteiger partial charge on any atom is -0.496 e. The van der Waals surface area contributed by atoms with Crippen LogP contribution < -0.4 is 10.1 Å². The third-order valence-corrected chi connectivity index (χ3v) is 1.89. The number of methoxy groups -OCH3 is 1. The number of hydrogen-bond acceptors (Lipinski definition) is 3. The van der Waals surface area contributed by atoms with Gasteiger partial charge < -0.3 is 10.1 Å². The molecule has 3 heteroatoms. The molecule has 3 nitrogen and oxygen atoms in total. The molecule has 1 aromatic rings. The highest BCUT2D eigenvalue weighted by Gasteiger charge is 2.10. The van der Waals surface area contributed by atoms with Crippen LogP contribution in [0.15, 0.2) is 18.5 Å². The van der Waals surface area contributed by atoms with Crippen molar-refractivity contribution >= 4 is 0 Å². The van der Waals surface area contributed by atoms with Crippen LogP contribution in [0.3, 0.4) is 0 Å². The van der Waals surface area contributed by atoms with Crippen molar-refractivity contribution in [1.82, 2.24) is 10.3 Å². The zero-order chi connectivity index (χ0) is 10.6. The smallest absolute Gasteiger partial charge is 0.126 e. The molecule has 78 valence electrons. The maximum Gasteiger partial charge on any atom is 0.126 e. The molecule has 0 aliphatic heterocycles. The van der Waals surface area contributed by atoms with Gasteiger partial charge in [-0.15, -0.1) is 0 Å². The van der Waals surface area contributed by atoms with Gasteiger partial charge in [-0.25, -0.2) is 0 Å². The summed E-state index contributed by atoms with van der Waals surface area (Å²) in [4.78, 5) is 4.07. The molecule has 0 aromatic carbocycles. The molecule has 1 rings (SSSR count). The van der Waals surface area contributed by atoms with Crippen LogP contribution in [0.4, 0.5) is 0 Å². The number of nitrogens with one attached hydrogen (secondary N) is 1. The lowest BCUT2D eigenvalue weighted by Gasteiger charge is -2.21. The van der Waals surface area contributed by atoms with Crippen molar-refractivity contribution < 1.29 is 4.74 Å². The number of aromatic nitrogens is 1. The second-order valence-electron chi connectivity index (χ2n) is 4.29. The SMILES string of the molecule is COc1ccncc1CNC(C)(C)C. The summed E-state index contributed by atoms with van der Waals surface area (Å²) in [5.74, 6) is 0.886. The Morgan fingerprint density at radius 2 is 2.14 bits per heavy atom. The second kappa shape index (κ2) is 4.42. The minimum absolute atomic E-state index is 0.112. The van der Waals surface area contributed by atoms with Crippen molar-refractivity contribution in [3.8, 4) is 5.75 Å². The van der Waals surface area contributed by atoms with Crippen LogP contribution in [0.25, 0.3) is 0 Å². The summed E-state index contributed by atoms with van der Waals surface area (Å²) >= 11 is 0. The van der Waals surface area contributed by atoms with Gasteiger partial charge >= 0.3 is 0 Å². The molecule has 0 aliphatic rings. The maximum atomic E-state index is 5.23. The van der Waals surface area contributed by atoms with Crippen molar-refractivity contribution in [3.05, 3.63) is 24.0 Å². The number of hydrogen-bond donors (Lipinski definition) is 1. The highest BCUT2D eigenvalue weighted by molar-refractivity contribution is 5.29. The monoisotopic (exact) mass is 194 g/mol. The number of ether oxygens (including phenoxy) is 1. The molecular weight excluding hydrogens is 176 g/mol. The molecule has 0 amide bonds. The zero-order valence-electron chi connectivity index (χ0n) is 9.29. The van der Waals surface area contributed by atoms with Crippen LogP contribution in [0, 0.1) is 0 Å². The van der Waals surface area contributed by atoms with E-state index in [0.717, 1.165) is 17.9 Å². The first-order chi connectivity index (χ1) is 6.53. The Morgan fingerprint density at radius 1 is 1.43 bits per heavy atom. The van der Waals surface area contributed by atoms with Gasteiger partial charge in [0.2, 0.25) is 0 Å². The fourth-order valence-electron chi connectivity index (χ4n) is 1.11. The van der Waals surface area contributed by atoms with Gasteiger partial charge in [0.15, 0.2) is 0 Å². The summed E-state index contributed by atoms with van der Waals surface area (Å²) in [5.41, 5.74) is 1.20. The Labute approximate surface area is 85.5 Å². The molecule has 14 heavy (non-hydrogen) atoms. The molecule has 0 atom stereocenters. The standard InChI is InChI=1S/C11H18N2O/c1-11(2,3)13-8-9-7-12-6-5-10(9)14-4/h5-7,13H,8H2,1-4H3. The lowest BCUT2D eigenvalue weighted by molar-refractivity contribution is 0.391. The average Bonchev–Trinajstić information content (AvgIpc) is 2.14. The van der Waals surface area contributed by atoms with E-state index < -0.39 is 0 Å². The number of pyridine rings is 1. The van der Waals surface area contributed by atoms with Crippen LogP contribution in [0.1, 0.15) is 26.3 Å². The Balaban J connectivity index is 2.67. The molecule has 1 N–H and O–H groups in total. The summed E-state index contributed by atoms with van der Waals surface area (Å²) in [7, 11) is 1.68. The molecule has 0 spiro atoms. The van der Waals surface area contributed by atoms with Crippen molar-refractivity contribution in [2.24, 2.45) is 0 Å². The van der Waals surface area contributed by atoms with E-state index in [4.69, 9.17) is 4.74 Å². The van der Waals surface area contributed by atoms with Crippen molar-refractivity contribution in [1.29, 1.82) is 0 Å². The van der Waals surface area contributed by atoms with Crippen LogP contribution in [-0.2, 0) is 6.54 Å². The minimum atomic E-state index is 0.112. The topological polar surface area (TPSA) is 34.1 Å². The maximum absolute atomic E-state index is 5.23. The fourth-order valence-corrected chi connectivity index (χ4v) is 1.11. The van der Waals surface area contributed by atoms with E-state index in [1.54, 1.807) is 13.3 Å². The van der Waals surface area contributed by atoms with E-state index in [0.29, 0.717) is 0 Å². The Bertz CT molecular complexity index is 292. The van der Waals surface area contributed by atoms with Gasteiger partial charge in [-0.3, -0.25) is 4.98 Å². The van der Waals surface area contributed by atoms with Crippen LogP contribution in [-0.4, -0.2) is 17.6 Å². The van der Waals surface area contributed by atoms with Crippen LogP contribution in [0.5, 0.6) is 5.75 Å². The highest BCUT2D eigenvalue weighted by atomic mass is 16.5. The molecule has 0 bridgehead atoms. The van der Waals surface area contributed by atoms with E-state index in [2.05, 4.69) is 31.1 Å². The Morgan fingerprint density at radius 3 is 2.71 bits per heavy atom. The average molecular weight is 194 g/mol. The summed E-state index contributed by atoms with van der Waals surface area (Å²) in [6, 6.07) is 1.87. The lowest BCUT2D eigenvalue weighted by Crippen LogP contribution is -2.35. The third-order valence-electron chi connectivity index (χ3n) is 1.89. The van der Waals surface area contributed by atoms with E-state index in [9.17, 15) is 0 Å². The molecule has 0 aliphatic carbocycles. The summed E-state index contributed by atoms with van der Waals surface area (Å²) in [5, 5.41) is 3.39. The molecule has 0 radical (unpaired) electrons. The Hall–Kier alpha value is -1.09. The molecule has 0 fully saturated rings. The van der Waals surface area contributed by atoms with Crippen molar-refractivity contribution in [3.63, 3.8) is 0 Å². The van der Waals surface area contributed by atoms with Gasteiger partial charge in [0.25, 0.3) is 0 Å². The first-order valence-corrected chi connectivity index (χ1v) is 4.75. The van der Waals surface area contributed by atoms with E-state index in [1.165, 1.54) is 0 Å². The van der Waals surface area contributed by atoms with Gasteiger partial charge in [-0.2, -0.15) is 0 Å². The van der Waals surface area contributed by atoms with Crippen LogP contribution >= 0.6 is 0 Å². The first kappa shape index (κ1) is 11.0. The van der Waals surface area contributed by atoms with Gasteiger partial charge in [0, 0.05) is 30.0 Å². The third kappa shape index (κ3) is 3.34. The lowest BCUT2D eigenvalue weighted by atomic mass is 10.1. The summed E-state index contributed by atoms with van der Waals surface area (Å²) < 4.78 is 5.23. The molecule has 1 aromatic heterocycles. The van der Waals surface area contributed by atoms with E-state index >= 15 is 0 Å². The predicted molar refractivity (Wildman–Crippen MR) is 57.4 cm³/mol. The van der Waals surface area contributed by atoms with Crippen molar-refractivity contribution in [2.75, 3.05) is 7.11 Å². The van der Waals surface area contributed by atoms with E-state index in [-0.39, 0.29) is 5.54 Å². The molecule has 1 heterocycles. The van der Waals surface area contributed by atoms with Crippen molar-refractivity contribution in [2.45, 2.75) is 32.9 Å². The Kier molecular flexibility index (Phi) is 3.47. The molecule has 0 unspecified atom stereocenters. The largest absolute Gasteiger partial charge is 0.496 e. The second-order valence-corrected chi connectivity index (χ2v) is 4.29. The van der Waals surface area contributed by atoms with Gasteiger partial charge in [0.05, 0.1) is 7.11 Å². The van der Waals surface area contributed by atoms with E-state index in [1.807, 2.05) is 12.3 Å². The van der Waals surface area contributed by atoms with Gasteiger partial charge in [-0.1, -0.05) is 0 Å². The fraction of sp³-hybridized carbons (Fsp3) is 0.545. The number of nitrogens with zero attached hydrogens (tertiary/aromatic N) is 1. The predicted octanol–water partition coefficient (Wildman–Crippen LogP) is 1.98. The summed E-state index contributed by atoms with van der Waals surface area (Å²) in [6.45, 7) is 7.18. The molecule has 0 saturated heterocycles. The zero-order valence-corrected chi connectivity index (χ0v) is 9.29. The molecule has 0 saturated carbocycles. The number of rotatable bonds is 3. The first-order valence-electron chi connectivity index (χ1n) is 4.75. The van der Waals surface area contributed by atoms with Gasteiger partial charge in [0.1, 0.15) is 5.75 Å². The highest BCUT2D eigenvalue weighted by Crippen LogP contribution is 2.16. The summed E-state index contributed by atoms with van der Waals surface area (Å²) in [6.07, 6.45) is 3.57. The van der Waals surface area contributed by atoms with Crippen LogP contribution in [0.2, 0.25) is 0 Å². The van der Waals surface area contributed by atoms with Gasteiger partial charge in [-0.05, 0) is 26.8 Å². The normalized spacial score (nSPS) is 11.4. The molecular formula is C11H18N2O. The quantitative estimate of drug-likeness (QED) is 0.799.